The summed E-state index contributed by atoms with van der Waals surface area (Å²) in [5, 5.41) is 0. The Bertz CT molecular complexity index is 706. The highest BCUT2D eigenvalue weighted by Gasteiger charge is 2.26. The molecule has 2 aromatic carbocycles. The lowest BCUT2D eigenvalue weighted by Gasteiger charge is -2.33. The molecule has 0 saturated carbocycles. The smallest absolute Gasteiger partial charge is 0.254 e. The molecule has 3 nitrogen and oxygen atoms in total. The van der Waals surface area contributed by atoms with Crippen molar-refractivity contribution in [1.29, 1.82) is 0 Å². The summed E-state index contributed by atoms with van der Waals surface area (Å²) in [6.45, 7) is 7.95. The predicted molar refractivity (Wildman–Crippen MR) is 91.7 cm³/mol. The summed E-state index contributed by atoms with van der Waals surface area (Å²) < 4.78 is 5.88. The van der Waals surface area contributed by atoms with E-state index in [0.717, 1.165) is 16.7 Å². The fourth-order valence-corrected chi connectivity index (χ4v) is 3.04. The Morgan fingerprint density at radius 1 is 1.04 bits per heavy atom. The van der Waals surface area contributed by atoms with Crippen LogP contribution in [-0.4, -0.2) is 30.5 Å². The van der Waals surface area contributed by atoms with Gasteiger partial charge in [0, 0.05) is 12.1 Å². The Morgan fingerprint density at radius 2 is 1.74 bits per heavy atom. The van der Waals surface area contributed by atoms with Crippen molar-refractivity contribution < 1.29 is 9.53 Å². The molecule has 3 heteroatoms. The van der Waals surface area contributed by atoms with Crippen molar-refractivity contribution in [3.63, 3.8) is 0 Å². The first-order chi connectivity index (χ1) is 11.0. The Balaban J connectivity index is 1.77. The van der Waals surface area contributed by atoms with Gasteiger partial charge in [-0.3, -0.25) is 4.79 Å². The van der Waals surface area contributed by atoms with Crippen LogP contribution in [-0.2, 0) is 4.74 Å². The molecule has 2 aromatic rings. The molecular weight excluding hydrogens is 286 g/mol. The van der Waals surface area contributed by atoms with Crippen LogP contribution in [0.1, 0.15) is 38.7 Å². The van der Waals surface area contributed by atoms with Crippen LogP contribution in [0.25, 0.3) is 0 Å². The summed E-state index contributed by atoms with van der Waals surface area (Å²) in [6, 6.07) is 14.3. The van der Waals surface area contributed by atoms with E-state index in [2.05, 4.69) is 37.3 Å². The molecule has 0 spiro atoms. The number of nitrogens with zero attached hydrogens (tertiary/aromatic N) is 1. The average molecular weight is 309 g/mol. The summed E-state index contributed by atoms with van der Waals surface area (Å²) in [7, 11) is 0. The number of hydrogen-bond acceptors (Lipinski definition) is 2. The topological polar surface area (TPSA) is 29.5 Å². The second kappa shape index (κ2) is 6.55. The van der Waals surface area contributed by atoms with E-state index in [1.807, 2.05) is 30.9 Å². The van der Waals surface area contributed by atoms with Crippen molar-refractivity contribution in [2.24, 2.45) is 0 Å². The van der Waals surface area contributed by atoms with E-state index in [1.54, 1.807) is 0 Å². The van der Waals surface area contributed by atoms with Crippen LogP contribution in [0, 0.1) is 20.8 Å². The number of hydrogen-bond donors (Lipinski definition) is 0. The van der Waals surface area contributed by atoms with Gasteiger partial charge in [0.1, 0.15) is 6.10 Å². The molecular formula is C20H23NO2. The van der Waals surface area contributed by atoms with Gasteiger partial charge in [-0.25, -0.2) is 0 Å². The molecule has 1 unspecified atom stereocenters. The highest BCUT2D eigenvalue weighted by atomic mass is 16.5. The van der Waals surface area contributed by atoms with Gasteiger partial charge in [-0.1, -0.05) is 47.5 Å². The fourth-order valence-electron chi connectivity index (χ4n) is 3.04. The number of ether oxygens (including phenoxy) is 1. The number of carbonyl (C=O) groups is 1. The maximum Gasteiger partial charge on any atom is 0.254 e. The molecule has 0 aliphatic carbocycles. The number of carbonyl (C=O) groups excluding carboxylic acids is 1. The van der Waals surface area contributed by atoms with Gasteiger partial charge in [-0.05, 0) is 38.0 Å². The fraction of sp³-hybridized carbons (Fsp3) is 0.350. The van der Waals surface area contributed by atoms with Gasteiger partial charge in [-0.15, -0.1) is 0 Å². The molecule has 120 valence electrons. The summed E-state index contributed by atoms with van der Waals surface area (Å²) in [6.07, 6.45) is -0.0425. The zero-order valence-electron chi connectivity index (χ0n) is 14.0. The summed E-state index contributed by atoms with van der Waals surface area (Å²) in [5.41, 5.74) is 5.37. The van der Waals surface area contributed by atoms with Gasteiger partial charge < -0.3 is 9.64 Å². The van der Waals surface area contributed by atoms with E-state index in [0.29, 0.717) is 19.7 Å². The number of rotatable bonds is 2. The lowest BCUT2D eigenvalue weighted by atomic mass is 10.0. The number of aryl methyl sites for hydroxylation is 3. The van der Waals surface area contributed by atoms with Crippen LogP contribution < -0.4 is 0 Å². The van der Waals surface area contributed by atoms with Gasteiger partial charge in [0.25, 0.3) is 5.91 Å². The average Bonchev–Trinajstić information content (AvgIpc) is 2.55. The molecule has 3 rings (SSSR count). The first-order valence-corrected chi connectivity index (χ1v) is 8.09. The summed E-state index contributed by atoms with van der Waals surface area (Å²) >= 11 is 0. The Hall–Kier alpha value is -2.13. The van der Waals surface area contributed by atoms with Gasteiger partial charge in [0.2, 0.25) is 0 Å². The van der Waals surface area contributed by atoms with Gasteiger partial charge in [0.15, 0.2) is 0 Å². The first-order valence-electron chi connectivity index (χ1n) is 8.09. The quantitative estimate of drug-likeness (QED) is 0.844. The third-order valence-corrected chi connectivity index (χ3v) is 4.42. The molecule has 1 fully saturated rings. The third-order valence-electron chi connectivity index (χ3n) is 4.42. The van der Waals surface area contributed by atoms with E-state index in [9.17, 15) is 4.79 Å². The molecule has 23 heavy (non-hydrogen) atoms. The lowest BCUT2D eigenvalue weighted by Crippen LogP contribution is -2.42. The van der Waals surface area contributed by atoms with Crippen LogP contribution in [0.5, 0.6) is 0 Å². The van der Waals surface area contributed by atoms with E-state index in [-0.39, 0.29) is 12.0 Å². The van der Waals surface area contributed by atoms with Crippen molar-refractivity contribution >= 4 is 5.91 Å². The summed E-state index contributed by atoms with van der Waals surface area (Å²) in [4.78, 5) is 14.7. The van der Waals surface area contributed by atoms with Crippen LogP contribution >= 0.6 is 0 Å². The molecule has 1 heterocycles. The predicted octanol–water partition coefficient (Wildman–Crippen LogP) is 3.83. The third kappa shape index (κ3) is 3.45. The van der Waals surface area contributed by atoms with Crippen molar-refractivity contribution in [3.8, 4) is 0 Å². The van der Waals surface area contributed by atoms with Crippen molar-refractivity contribution in [1.82, 2.24) is 4.90 Å². The van der Waals surface area contributed by atoms with E-state index < -0.39 is 0 Å². The minimum atomic E-state index is -0.0425. The van der Waals surface area contributed by atoms with E-state index in [1.165, 1.54) is 11.1 Å². The molecule has 0 bridgehead atoms. The second-order valence-corrected chi connectivity index (χ2v) is 6.34. The maximum atomic E-state index is 12.8. The largest absolute Gasteiger partial charge is 0.370 e. The number of benzene rings is 2. The van der Waals surface area contributed by atoms with Gasteiger partial charge >= 0.3 is 0 Å². The SMILES string of the molecule is Cc1ccc(C2CN(C(=O)c3ccc(C)cc3C)CCO2)cc1. The van der Waals surface area contributed by atoms with Crippen molar-refractivity contribution in [2.45, 2.75) is 26.9 Å². The first kappa shape index (κ1) is 15.8. The monoisotopic (exact) mass is 309 g/mol. The number of morpholine rings is 1. The standard InChI is InChI=1S/C20H23NO2/c1-14-4-7-17(8-5-14)19-13-21(10-11-23-19)20(22)18-9-6-15(2)12-16(18)3/h4-9,12,19H,10-11,13H2,1-3H3. The van der Waals surface area contributed by atoms with E-state index in [4.69, 9.17) is 4.74 Å². The molecule has 1 aliphatic rings. The van der Waals surface area contributed by atoms with Gasteiger partial charge in [-0.2, -0.15) is 0 Å². The molecule has 0 aromatic heterocycles. The molecule has 0 N–H and O–H groups in total. The Labute approximate surface area is 137 Å². The van der Waals surface area contributed by atoms with E-state index >= 15 is 0 Å². The second-order valence-electron chi connectivity index (χ2n) is 6.34. The molecule has 1 saturated heterocycles. The minimum Gasteiger partial charge on any atom is -0.370 e. The highest BCUT2D eigenvalue weighted by molar-refractivity contribution is 5.95. The molecule has 1 atom stereocenters. The van der Waals surface area contributed by atoms with Gasteiger partial charge in [0.05, 0.1) is 13.2 Å². The van der Waals surface area contributed by atoms with Crippen LogP contribution in [0.2, 0.25) is 0 Å². The zero-order valence-corrected chi connectivity index (χ0v) is 14.0. The Kier molecular flexibility index (Phi) is 4.49. The highest BCUT2D eigenvalue weighted by Crippen LogP contribution is 2.24. The van der Waals surface area contributed by atoms with Crippen LogP contribution in [0.3, 0.4) is 0 Å². The zero-order chi connectivity index (χ0) is 16.4. The molecule has 1 aliphatic heterocycles. The Morgan fingerprint density at radius 3 is 2.43 bits per heavy atom. The lowest BCUT2D eigenvalue weighted by molar-refractivity contribution is -0.0228. The van der Waals surface area contributed by atoms with Crippen molar-refractivity contribution in [3.05, 3.63) is 70.3 Å². The van der Waals surface area contributed by atoms with Crippen LogP contribution in [0.15, 0.2) is 42.5 Å². The normalized spacial score (nSPS) is 18.0. The number of amides is 1. The molecule has 0 radical (unpaired) electrons. The minimum absolute atomic E-state index is 0.0425. The summed E-state index contributed by atoms with van der Waals surface area (Å²) in [5.74, 6) is 0.0999. The van der Waals surface area contributed by atoms with Crippen molar-refractivity contribution in [2.75, 3.05) is 19.7 Å². The van der Waals surface area contributed by atoms with Crippen LogP contribution in [0.4, 0.5) is 0 Å². The maximum absolute atomic E-state index is 12.8. The molecule has 1 amide bonds.